The molecule has 0 aromatic heterocycles. The zero-order chi connectivity index (χ0) is 26.0. The first-order valence-electron chi connectivity index (χ1n) is 10.9. The van der Waals surface area contributed by atoms with E-state index >= 15 is 0 Å². The molecule has 4 aromatic rings. The van der Waals surface area contributed by atoms with Crippen molar-refractivity contribution in [2.75, 3.05) is 5.32 Å². The Morgan fingerprint density at radius 2 is 1.56 bits per heavy atom. The number of benzene rings is 4. The van der Waals surface area contributed by atoms with Crippen molar-refractivity contribution in [3.8, 4) is 22.3 Å². The molecule has 8 heteroatoms. The van der Waals surface area contributed by atoms with Crippen LogP contribution in [0.3, 0.4) is 0 Å². The van der Waals surface area contributed by atoms with Gasteiger partial charge in [0, 0.05) is 22.8 Å². The van der Waals surface area contributed by atoms with Crippen LogP contribution in [0.2, 0.25) is 10.0 Å². The SMILES string of the molecule is Cc1cc(Cl)ccc1-c1ccc(NCc2ccc(C(F)(F)F)cc2-c2ccc(C(=O)O)cc2)cc1Cl. The fourth-order valence-electron chi connectivity index (χ4n) is 3.94. The maximum absolute atomic E-state index is 13.4. The minimum Gasteiger partial charge on any atom is -0.478 e. The molecule has 2 N–H and O–H groups in total. The summed E-state index contributed by atoms with van der Waals surface area (Å²) in [6.07, 6.45) is -4.51. The number of carbonyl (C=O) groups is 1. The number of hydrogen-bond acceptors (Lipinski definition) is 2. The van der Waals surface area contributed by atoms with Gasteiger partial charge in [0.1, 0.15) is 0 Å². The molecule has 4 rings (SSSR count). The largest absolute Gasteiger partial charge is 0.478 e. The van der Waals surface area contributed by atoms with Crippen LogP contribution in [0, 0.1) is 6.92 Å². The van der Waals surface area contributed by atoms with Crippen LogP contribution >= 0.6 is 23.2 Å². The normalized spacial score (nSPS) is 11.4. The number of aromatic carboxylic acids is 1. The fourth-order valence-corrected chi connectivity index (χ4v) is 4.45. The van der Waals surface area contributed by atoms with Gasteiger partial charge in [-0.1, -0.05) is 53.5 Å². The number of halogens is 5. The Morgan fingerprint density at radius 1 is 0.861 bits per heavy atom. The van der Waals surface area contributed by atoms with Gasteiger partial charge in [0.15, 0.2) is 0 Å². The van der Waals surface area contributed by atoms with Gasteiger partial charge >= 0.3 is 12.1 Å². The average Bonchev–Trinajstić information content (AvgIpc) is 2.83. The van der Waals surface area contributed by atoms with Crippen molar-refractivity contribution in [1.29, 1.82) is 0 Å². The summed E-state index contributed by atoms with van der Waals surface area (Å²) in [5, 5.41) is 13.5. The van der Waals surface area contributed by atoms with Crippen molar-refractivity contribution in [2.24, 2.45) is 0 Å². The van der Waals surface area contributed by atoms with Crippen molar-refractivity contribution in [2.45, 2.75) is 19.6 Å². The lowest BCUT2D eigenvalue weighted by molar-refractivity contribution is -0.137. The number of carboxylic acids is 1. The molecular formula is C28H20Cl2F3NO2. The van der Waals surface area contributed by atoms with E-state index in [0.29, 0.717) is 32.4 Å². The lowest BCUT2D eigenvalue weighted by Crippen LogP contribution is -2.08. The summed E-state index contributed by atoms with van der Waals surface area (Å²) in [5.41, 5.74) is 4.18. The number of alkyl halides is 3. The molecule has 0 saturated heterocycles. The van der Waals surface area contributed by atoms with Gasteiger partial charge in [0.05, 0.1) is 16.1 Å². The Morgan fingerprint density at radius 3 is 2.17 bits per heavy atom. The van der Waals surface area contributed by atoms with Gasteiger partial charge in [-0.3, -0.25) is 0 Å². The van der Waals surface area contributed by atoms with E-state index in [4.69, 9.17) is 28.3 Å². The first kappa shape index (κ1) is 25.6. The second-order valence-electron chi connectivity index (χ2n) is 8.26. The molecule has 184 valence electrons. The second kappa shape index (κ2) is 10.2. The summed E-state index contributed by atoms with van der Waals surface area (Å²) in [6, 6.07) is 20.3. The molecule has 0 spiro atoms. The Balaban J connectivity index is 1.63. The van der Waals surface area contributed by atoms with E-state index in [-0.39, 0.29) is 12.1 Å². The van der Waals surface area contributed by atoms with E-state index in [2.05, 4.69) is 5.32 Å². The third-order valence-electron chi connectivity index (χ3n) is 5.81. The molecule has 3 nitrogen and oxygen atoms in total. The van der Waals surface area contributed by atoms with Gasteiger partial charge in [-0.05, 0) is 83.3 Å². The van der Waals surface area contributed by atoms with Crippen LogP contribution in [0.5, 0.6) is 0 Å². The predicted octanol–water partition coefficient (Wildman–Crippen LogP) is 8.96. The summed E-state index contributed by atoms with van der Waals surface area (Å²) in [6.45, 7) is 2.17. The van der Waals surface area contributed by atoms with Crippen LogP contribution in [0.1, 0.15) is 27.0 Å². The molecule has 0 radical (unpaired) electrons. The van der Waals surface area contributed by atoms with Crippen LogP contribution in [-0.4, -0.2) is 11.1 Å². The van der Waals surface area contributed by atoms with E-state index in [0.717, 1.165) is 28.8 Å². The number of nitrogens with one attached hydrogen (secondary N) is 1. The van der Waals surface area contributed by atoms with Gasteiger partial charge in [0.25, 0.3) is 0 Å². The third-order valence-corrected chi connectivity index (χ3v) is 6.36. The molecule has 0 fully saturated rings. The van der Waals surface area contributed by atoms with Crippen LogP contribution in [0.4, 0.5) is 18.9 Å². The zero-order valence-corrected chi connectivity index (χ0v) is 20.5. The molecule has 0 aliphatic heterocycles. The molecule has 0 aliphatic rings. The molecule has 0 aliphatic carbocycles. The molecule has 0 unspecified atom stereocenters. The van der Waals surface area contributed by atoms with Crippen molar-refractivity contribution in [1.82, 2.24) is 0 Å². The van der Waals surface area contributed by atoms with E-state index < -0.39 is 17.7 Å². The van der Waals surface area contributed by atoms with Gasteiger partial charge < -0.3 is 10.4 Å². The van der Waals surface area contributed by atoms with E-state index in [1.807, 2.05) is 31.2 Å². The van der Waals surface area contributed by atoms with Crippen LogP contribution in [-0.2, 0) is 12.7 Å². The van der Waals surface area contributed by atoms with Gasteiger partial charge in [0.2, 0.25) is 0 Å². The second-order valence-corrected chi connectivity index (χ2v) is 9.10. The van der Waals surface area contributed by atoms with Crippen LogP contribution in [0.15, 0.2) is 78.9 Å². The van der Waals surface area contributed by atoms with Crippen molar-refractivity contribution < 1.29 is 23.1 Å². The Kier molecular flexibility index (Phi) is 7.29. The first-order valence-corrected chi connectivity index (χ1v) is 11.6. The maximum Gasteiger partial charge on any atom is 0.416 e. The monoisotopic (exact) mass is 529 g/mol. The van der Waals surface area contributed by atoms with Crippen molar-refractivity contribution in [3.63, 3.8) is 0 Å². The molecule has 4 aromatic carbocycles. The van der Waals surface area contributed by atoms with Gasteiger partial charge in [-0.2, -0.15) is 13.2 Å². The quantitative estimate of drug-likeness (QED) is 0.262. The van der Waals surface area contributed by atoms with E-state index in [1.165, 1.54) is 30.3 Å². The number of hydrogen-bond donors (Lipinski definition) is 2. The molecule has 0 amide bonds. The standard InChI is InChI=1S/C28H20Cl2F3NO2/c1-16-12-21(29)8-10-23(16)24-11-9-22(14-26(24)30)34-15-19-6-7-20(28(31,32)33)13-25(19)17-2-4-18(5-3-17)27(35)36/h2-14,34H,15H2,1H3,(H,35,36). The maximum atomic E-state index is 13.4. The topological polar surface area (TPSA) is 49.3 Å². The molecule has 0 heterocycles. The smallest absolute Gasteiger partial charge is 0.416 e. The number of rotatable bonds is 6. The highest BCUT2D eigenvalue weighted by Crippen LogP contribution is 2.36. The molecule has 0 atom stereocenters. The predicted molar refractivity (Wildman–Crippen MR) is 138 cm³/mol. The Bertz CT molecular complexity index is 1430. The summed E-state index contributed by atoms with van der Waals surface area (Å²) in [7, 11) is 0. The highest BCUT2D eigenvalue weighted by molar-refractivity contribution is 6.34. The van der Waals surface area contributed by atoms with Crippen LogP contribution < -0.4 is 5.32 Å². The summed E-state index contributed by atoms with van der Waals surface area (Å²) >= 11 is 12.6. The minimum atomic E-state index is -4.51. The summed E-state index contributed by atoms with van der Waals surface area (Å²) < 4.78 is 40.2. The zero-order valence-electron chi connectivity index (χ0n) is 19.0. The fraction of sp³-hybridized carbons (Fsp3) is 0.107. The van der Waals surface area contributed by atoms with Crippen molar-refractivity contribution >= 4 is 34.9 Å². The van der Waals surface area contributed by atoms with E-state index in [9.17, 15) is 18.0 Å². The minimum absolute atomic E-state index is 0.0519. The summed E-state index contributed by atoms with van der Waals surface area (Å²) in [4.78, 5) is 11.2. The van der Waals surface area contributed by atoms with Crippen molar-refractivity contribution in [3.05, 3.63) is 111 Å². The number of carboxylic acid groups (broad SMARTS) is 1. The highest BCUT2D eigenvalue weighted by Gasteiger charge is 2.31. The highest BCUT2D eigenvalue weighted by atomic mass is 35.5. The molecule has 0 bridgehead atoms. The lowest BCUT2D eigenvalue weighted by Gasteiger charge is -2.16. The van der Waals surface area contributed by atoms with Gasteiger partial charge in [-0.15, -0.1) is 0 Å². The lowest BCUT2D eigenvalue weighted by atomic mass is 9.96. The molecule has 0 saturated carbocycles. The molecular weight excluding hydrogens is 510 g/mol. The Hall–Kier alpha value is -3.48. The first-order chi connectivity index (χ1) is 17.0. The average molecular weight is 530 g/mol. The summed E-state index contributed by atoms with van der Waals surface area (Å²) in [5.74, 6) is -1.11. The number of aryl methyl sites for hydroxylation is 1. The van der Waals surface area contributed by atoms with Crippen LogP contribution in [0.25, 0.3) is 22.3 Å². The third kappa shape index (κ3) is 5.66. The Labute approximate surface area is 216 Å². The number of anilines is 1. The van der Waals surface area contributed by atoms with Gasteiger partial charge in [-0.25, -0.2) is 4.79 Å². The molecule has 36 heavy (non-hydrogen) atoms. The van der Waals surface area contributed by atoms with E-state index in [1.54, 1.807) is 12.1 Å².